The molecule has 4 nitrogen and oxygen atoms in total. The van der Waals surface area contributed by atoms with Gasteiger partial charge in [-0.3, -0.25) is 0 Å². The second-order valence-electron chi connectivity index (χ2n) is 3.90. The molecule has 0 atom stereocenters. The zero-order valence-electron chi connectivity index (χ0n) is 9.84. The molecule has 0 saturated carbocycles. The molecule has 0 saturated heterocycles. The molecule has 0 aliphatic carbocycles. The Bertz CT molecular complexity index is 593. The summed E-state index contributed by atoms with van der Waals surface area (Å²) in [5.74, 6) is -1.11. The third kappa shape index (κ3) is 3.39. The van der Waals surface area contributed by atoms with Crippen LogP contribution in [0.4, 0.5) is 0 Å². The van der Waals surface area contributed by atoms with E-state index in [1.807, 2.05) is 12.1 Å². The number of rotatable bonds is 4. The van der Waals surface area contributed by atoms with Crippen molar-refractivity contribution in [2.45, 2.75) is 6.61 Å². The molecule has 2 rings (SSSR count). The molecular formula is C14H11ClO4. The number of ether oxygens (including phenoxy) is 1. The molecule has 0 heterocycles. The van der Waals surface area contributed by atoms with E-state index in [0.717, 1.165) is 5.56 Å². The Morgan fingerprint density at radius 1 is 1.16 bits per heavy atom. The first-order valence-electron chi connectivity index (χ1n) is 5.50. The van der Waals surface area contributed by atoms with Crippen LogP contribution in [0.2, 0.25) is 5.02 Å². The van der Waals surface area contributed by atoms with Crippen molar-refractivity contribution in [2.24, 2.45) is 0 Å². The lowest BCUT2D eigenvalue weighted by Crippen LogP contribution is -1.99. The van der Waals surface area contributed by atoms with Crippen LogP contribution in [0, 0.1) is 0 Å². The summed E-state index contributed by atoms with van der Waals surface area (Å²) in [6, 6.07) is 11.2. The first kappa shape index (κ1) is 13.2. The van der Waals surface area contributed by atoms with Gasteiger partial charge in [-0.25, -0.2) is 4.79 Å². The Morgan fingerprint density at radius 2 is 1.84 bits per heavy atom. The van der Waals surface area contributed by atoms with E-state index in [-0.39, 0.29) is 11.3 Å². The van der Waals surface area contributed by atoms with Crippen molar-refractivity contribution in [3.8, 4) is 11.5 Å². The molecule has 0 unspecified atom stereocenters. The van der Waals surface area contributed by atoms with Crippen LogP contribution in [0.3, 0.4) is 0 Å². The summed E-state index contributed by atoms with van der Waals surface area (Å²) in [4.78, 5) is 10.9. The van der Waals surface area contributed by atoms with Crippen molar-refractivity contribution in [1.29, 1.82) is 0 Å². The highest BCUT2D eigenvalue weighted by Crippen LogP contribution is 2.23. The van der Waals surface area contributed by atoms with Crippen LogP contribution >= 0.6 is 11.6 Å². The normalized spacial score (nSPS) is 10.2. The Kier molecular flexibility index (Phi) is 3.92. The number of hydrogen-bond donors (Lipinski definition) is 2. The molecule has 98 valence electrons. The maximum absolute atomic E-state index is 10.9. The second-order valence-corrected chi connectivity index (χ2v) is 4.34. The highest BCUT2D eigenvalue weighted by atomic mass is 35.5. The number of carbonyl (C=O) groups is 1. The van der Waals surface area contributed by atoms with Gasteiger partial charge in [0.25, 0.3) is 0 Å². The quantitative estimate of drug-likeness (QED) is 0.900. The number of benzene rings is 2. The number of aromatic carboxylic acids is 1. The highest BCUT2D eigenvalue weighted by Gasteiger charge is 2.10. The van der Waals surface area contributed by atoms with Gasteiger partial charge in [-0.05, 0) is 35.9 Å². The van der Waals surface area contributed by atoms with Gasteiger partial charge in [0.15, 0.2) is 0 Å². The minimum absolute atomic E-state index is 0.186. The number of carboxylic acid groups (broad SMARTS) is 1. The second kappa shape index (κ2) is 5.63. The molecule has 0 fully saturated rings. The summed E-state index contributed by atoms with van der Waals surface area (Å²) in [5.41, 5.74) is 0.725. The molecule has 0 bridgehead atoms. The first-order valence-corrected chi connectivity index (χ1v) is 5.87. The van der Waals surface area contributed by atoms with Gasteiger partial charge in [-0.1, -0.05) is 23.7 Å². The number of phenols is 1. The number of aromatic hydroxyl groups is 1. The Hall–Kier alpha value is -2.20. The van der Waals surface area contributed by atoms with Gasteiger partial charge in [0.2, 0.25) is 0 Å². The minimum Gasteiger partial charge on any atom is -0.507 e. The summed E-state index contributed by atoms with van der Waals surface area (Å²) in [6.07, 6.45) is 0. The van der Waals surface area contributed by atoms with Crippen LogP contribution in [0.1, 0.15) is 15.9 Å². The van der Waals surface area contributed by atoms with E-state index in [1.54, 1.807) is 12.1 Å². The van der Waals surface area contributed by atoms with E-state index in [4.69, 9.17) is 21.4 Å². The van der Waals surface area contributed by atoms with E-state index < -0.39 is 5.97 Å². The topological polar surface area (TPSA) is 66.8 Å². The zero-order chi connectivity index (χ0) is 13.8. The molecule has 19 heavy (non-hydrogen) atoms. The van der Waals surface area contributed by atoms with E-state index in [2.05, 4.69) is 0 Å². The van der Waals surface area contributed by atoms with Gasteiger partial charge in [-0.15, -0.1) is 0 Å². The third-order valence-electron chi connectivity index (χ3n) is 2.52. The summed E-state index contributed by atoms with van der Waals surface area (Å²) in [6.45, 7) is 0.293. The molecule has 2 aromatic rings. The average Bonchev–Trinajstić information content (AvgIpc) is 2.39. The van der Waals surface area contributed by atoms with Gasteiger partial charge in [0.05, 0.1) is 0 Å². The van der Waals surface area contributed by atoms with Crippen molar-refractivity contribution in [3.63, 3.8) is 0 Å². The monoisotopic (exact) mass is 278 g/mol. The maximum Gasteiger partial charge on any atom is 0.339 e. The standard InChI is InChI=1S/C14H11ClO4/c15-10-3-1-9(2-4-10)8-19-11-5-6-13(16)12(7-11)14(17)18/h1-7,16H,8H2,(H,17,18). The molecule has 2 aromatic carbocycles. The minimum atomic E-state index is -1.20. The van der Waals surface area contributed by atoms with Gasteiger partial charge < -0.3 is 14.9 Å². The van der Waals surface area contributed by atoms with Gasteiger partial charge in [0, 0.05) is 5.02 Å². The Balaban J connectivity index is 2.09. The Labute approximate surface area is 114 Å². The molecule has 0 aliphatic rings. The van der Waals surface area contributed by atoms with Crippen LogP contribution in [0.5, 0.6) is 11.5 Å². The van der Waals surface area contributed by atoms with Crippen molar-refractivity contribution >= 4 is 17.6 Å². The van der Waals surface area contributed by atoms with Gasteiger partial charge in [-0.2, -0.15) is 0 Å². The van der Waals surface area contributed by atoms with Crippen LogP contribution in [-0.4, -0.2) is 16.2 Å². The highest BCUT2D eigenvalue weighted by molar-refractivity contribution is 6.30. The van der Waals surface area contributed by atoms with E-state index in [0.29, 0.717) is 17.4 Å². The molecule has 0 amide bonds. The van der Waals surface area contributed by atoms with Crippen molar-refractivity contribution in [1.82, 2.24) is 0 Å². The fourth-order valence-electron chi connectivity index (χ4n) is 1.52. The maximum atomic E-state index is 10.9. The fourth-order valence-corrected chi connectivity index (χ4v) is 1.65. The number of carboxylic acids is 1. The smallest absolute Gasteiger partial charge is 0.339 e. The van der Waals surface area contributed by atoms with E-state index >= 15 is 0 Å². The number of halogens is 1. The predicted molar refractivity (Wildman–Crippen MR) is 70.9 cm³/mol. The zero-order valence-corrected chi connectivity index (χ0v) is 10.6. The van der Waals surface area contributed by atoms with Crippen LogP contribution in [-0.2, 0) is 6.61 Å². The third-order valence-corrected chi connectivity index (χ3v) is 2.77. The van der Waals surface area contributed by atoms with Crippen molar-refractivity contribution in [3.05, 3.63) is 58.6 Å². The SMILES string of the molecule is O=C(O)c1cc(OCc2ccc(Cl)cc2)ccc1O. The van der Waals surface area contributed by atoms with Crippen LogP contribution < -0.4 is 4.74 Å². The number of hydrogen-bond acceptors (Lipinski definition) is 3. The molecule has 2 N–H and O–H groups in total. The summed E-state index contributed by atoms with van der Waals surface area (Å²) in [7, 11) is 0. The fraction of sp³-hybridized carbons (Fsp3) is 0.0714. The van der Waals surface area contributed by atoms with Crippen molar-refractivity contribution < 1.29 is 19.7 Å². The molecule has 5 heteroatoms. The van der Waals surface area contributed by atoms with Crippen LogP contribution in [0.25, 0.3) is 0 Å². The van der Waals surface area contributed by atoms with Gasteiger partial charge in [0.1, 0.15) is 23.7 Å². The molecular weight excluding hydrogens is 268 g/mol. The van der Waals surface area contributed by atoms with E-state index in [9.17, 15) is 9.90 Å². The average molecular weight is 279 g/mol. The van der Waals surface area contributed by atoms with Crippen molar-refractivity contribution in [2.75, 3.05) is 0 Å². The molecule has 0 spiro atoms. The largest absolute Gasteiger partial charge is 0.507 e. The van der Waals surface area contributed by atoms with Crippen LogP contribution in [0.15, 0.2) is 42.5 Å². The predicted octanol–water partition coefficient (Wildman–Crippen LogP) is 3.32. The molecule has 0 aliphatic heterocycles. The first-order chi connectivity index (χ1) is 9.06. The summed E-state index contributed by atoms with van der Waals surface area (Å²) in [5, 5.41) is 18.9. The lowest BCUT2D eigenvalue weighted by atomic mass is 10.2. The molecule has 0 radical (unpaired) electrons. The molecule has 0 aromatic heterocycles. The van der Waals surface area contributed by atoms with E-state index in [1.165, 1.54) is 18.2 Å². The lowest BCUT2D eigenvalue weighted by molar-refractivity contribution is 0.0693. The Morgan fingerprint density at radius 3 is 2.47 bits per heavy atom. The lowest BCUT2D eigenvalue weighted by Gasteiger charge is -2.08. The van der Waals surface area contributed by atoms with Gasteiger partial charge >= 0.3 is 5.97 Å². The summed E-state index contributed by atoms with van der Waals surface area (Å²) >= 11 is 5.77. The summed E-state index contributed by atoms with van der Waals surface area (Å²) < 4.78 is 5.46.